The van der Waals surface area contributed by atoms with Crippen molar-refractivity contribution < 1.29 is 4.79 Å². The highest BCUT2D eigenvalue weighted by Gasteiger charge is 2.43. The molecule has 6 nitrogen and oxygen atoms in total. The first-order valence-electron chi connectivity index (χ1n) is 8.10. The van der Waals surface area contributed by atoms with Gasteiger partial charge in [0, 0.05) is 48.9 Å². The maximum absolute atomic E-state index is 12.5. The summed E-state index contributed by atoms with van der Waals surface area (Å²) in [7, 11) is 0. The summed E-state index contributed by atoms with van der Waals surface area (Å²) >= 11 is 0. The van der Waals surface area contributed by atoms with E-state index in [1.54, 1.807) is 17.1 Å². The molecule has 3 aromatic rings. The lowest BCUT2D eigenvalue weighted by Gasteiger charge is -2.16. The summed E-state index contributed by atoms with van der Waals surface area (Å²) in [5.41, 5.74) is 1.68. The first kappa shape index (κ1) is 14.7. The van der Waals surface area contributed by atoms with E-state index in [0.717, 1.165) is 25.1 Å². The quantitative estimate of drug-likeness (QED) is 0.757. The maximum Gasteiger partial charge on any atom is 0.251 e. The van der Waals surface area contributed by atoms with Crippen molar-refractivity contribution in [3.8, 4) is 5.69 Å². The summed E-state index contributed by atoms with van der Waals surface area (Å²) < 4.78 is 3.69. The van der Waals surface area contributed by atoms with Crippen LogP contribution in [0.3, 0.4) is 0 Å². The second-order valence-corrected chi connectivity index (χ2v) is 6.39. The van der Waals surface area contributed by atoms with Crippen molar-refractivity contribution in [1.82, 2.24) is 24.9 Å². The number of amides is 1. The SMILES string of the molecule is O=C(NCC1(Cn2cccn2)CC1)c1cccc(-n2cccn2)c1. The Morgan fingerprint density at radius 2 is 1.96 bits per heavy atom. The van der Waals surface area contributed by atoms with Gasteiger partial charge in [0.1, 0.15) is 0 Å². The molecule has 1 aliphatic carbocycles. The summed E-state index contributed by atoms with van der Waals surface area (Å²) in [6.07, 6.45) is 9.59. The van der Waals surface area contributed by atoms with Crippen LogP contribution in [-0.2, 0) is 6.54 Å². The molecule has 1 fully saturated rings. The molecule has 2 aromatic heterocycles. The van der Waals surface area contributed by atoms with Crippen molar-refractivity contribution in [2.24, 2.45) is 5.41 Å². The highest BCUT2D eigenvalue weighted by molar-refractivity contribution is 5.94. The Balaban J connectivity index is 1.41. The van der Waals surface area contributed by atoms with Crippen molar-refractivity contribution in [1.29, 1.82) is 0 Å². The third-order valence-electron chi connectivity index (χ3n) is 4.51. The van der Waals surface area contributed by atoms with E-state index in [-0.39, 0.29) is 11.3 Å². The van der Waals surface area contributed by atoms with E-state index in [1.165, 1.54) is 0 Å². The van der Waals surface area contributed by atoms with Gasteiger partial charge in [-0.3, -0.25) is 9.48 Å². The van der Waals surface area contributed by atoms with Gasteiger partial charge < -0.3 is 5.32 Å². The fourth-order valence-electron chi connectivity index (χ4n) is 2.89. The molecular formula is C18H19N5O. The number of carbonyl (C=O) groups excluding carboxylic acids is 1. The van der Waals surface area contributed by atoms with Gasteiger partial charge >= 0.3 is 0 Å². The van der Waals surface area contributed by atoms with E-state index in [9.17, 15) is 4.79 Å². The van der Waals surface area contributed by atoms with Crippen LogP contribution in [0.1, 0.15) is 23.2 Å². The second-order valence-electron chi connectivity index (χ2n) is 6.39. The molecule has 1 N–H and O–H groups in total. The highest BCUT2D eigenvalue weighted by Crippen LogP contribution is 2.46. The standard InChI is InChI=1S/C18H19N5O/c24-17(15-4-1-5-16(12-15)23-11-3-9-21-23)19-13-18(6-7-18)14-22-10-2-8-20-22/h1-5,8-12H,6-7,13-14H2,(H,19,24). The average molecular weight is 321 g/mol. The summed E-state index contributed by atoms with van der Waals surface area (Å²) in [6, 6.07) is 11.3. The van der Waals surface area contributed by atoms with Gasteiger partial charge in [-0.1, -0.05) is 6.07 Å². The van der Waals surface area contributed by atoms with Gasteiger partial charge in [0.15, 0.2) is 0 Å². The van der Waals surface area contributed by atoms with Crippen LogP contribution in [0.15, 0.2) is 61.2 Å². The normalized spacial score (nSPS) is 15.2. The van der Waals surface area contributed by atoms with Crippen molar-refractivity contribution in [3.63, 3.8) is 0 Å². The van der Waals surface area contributed by atoms with Crippen molar-refractivity contribution in [2.75, 3.05) is 6.54 Å². The first-order chi connectivity index (χ1) is 11.7. The van der Waals surface area contributed by atoms with E-state index in [4.69, 9.17) is 0 Å². The molecular weight excluding hydrogens is 302 g/mol. The third kappa shape index (κ3) is 3.08. The Bertz CT molecular complexity index is 819. The zero-order valence-electron chi connectivity index (χ0n) is 13.3. The zero-order chi connectivity index (χ0) is 16.4. The van der Waals surface area contributed by atoms with Gasteiger partial charge in [-0.25, -0.2) is 4.68 Å². The van der Waals surface area contributed by atoms with Gasteiger partial charge in [-0.2, -0.15) is 10.2 Å². The summed E-state index contributed by atoms with van der Waals surface area (Å²) in [6.45, 7) is 1.53. The van der Waals surface area contributed by atoms with E-state index in [2.05, 4.69) is 15.5 Å². The third-order valence-corrected chi connectivity index (χ3v) is 4.51. The van der Waals surface area contributed by atoms with E-state index in [0.29, 0.717) is 12.1 Å². The Morgan fingerprint density at radius 3 is 2.67 bits per heavy atom. The Kier molecular flexibility index (Phi) is 3.65. The van der Waals surface area contributed by atoms with E-state index >= 15 is 0 Å². The number of nitrogens with zero attached hydrogens (tertiary/aromatic N) is 4. The van der Waals surface area contributed by atoms with Gasteiger partial charge in [-0.05, 0) is 43.2 Å². The van der Waals surface area contributed by atoms with Gasteiger partial charge in [-0.15, -0.1) is 0 Å². The molecule has 122 valence electrons. The molecule has 2 heterocycles. The number of nitrogens with one attached hydrogen (secondary N) is 1. The fourth-order valence-corrected chi connectivity index (χ4v) is 2.89. The Hall–Kier alpha value is -2.89. The van der Waals surface area contributed by atoms with Gasteiger partial charge in [0.05, 0.1) is 5.69 Å². The first-order valence-corrected chi connectivity index (χ1v) is 8.10. The molecule has 0 unspecified atom stereocenters. The van der Waals surface area contributed by atoms with Gasteiger partial charge in [0.2, 0.25) is 0 Å². The number of rotatable bonds is 6. The minimum Gasteiger partial charge on any atom is -0.351 e. The number of hydrogen-bond acceptors (Lipinski definition) is 3. The van der Waals surface area contributed by atoms with Crippen LogP contribution < -0.4 is 5.32 Å². The van der Waals surface area contributed by atoms with Crippen LogP contribution in [-0.4, -0.2) is 32.0 Å². The molecule has 0 spiro atoms. The van der Waals surface area contributed by atoms with Crippen molar-refractivity contribution >= 4 is 5.91 Å². The Morgan fingerprint density at radius 1 is 1.12 bits per heavy atom. The minimum atomic E-state index is -0.0456. The monoisotopic (exact) mass is 321 g/mol. The molecule has 0 aliphatic heterocycles. The minimum absolute atomic E-state index is 0.0456. The predicted molar refractivity (Wildman–Crippen MR) is 89.8 cm³/mol. The number of aromatic nitrogens is 4. The molecule has 4 rings (SSSR count). The maximum atomic E-state index is 12.5. The topological polar surface area (TPSA) is 64.7 Å². The average Bonchev–Trinajstić information content (AvgIpc) is 3.01. The lowest BCUT2D eigenvalue weighted by atomic mass is 10.1. The molecule has 24 heavy (non-hydrogen) atoms. The van der Waals surface area contributed by atoms with E-state index < -0.39 is 0 Å². The largest absolute Gasteiger partial charge is 0.351 e. The van der Waals surface area contributed by atoms with Crippen LogP contribution in [0.4, 0.5) is 0 Å². The smallest absolute Gasteiger partial charge is 0.251 e. The molecule has 1 saturated carbocycles. The van der Waals surface area contributed by atoms with Crippen LogP contribution in [0.2, 0.25) is 0 Å². The lowest BCUT2D eigenvalue weighted by molar-refractivity contribution is 0.0942. The predicted octanol–water partition coefficient (Wildman–Crippen LogP) is 2.28. The zero-order valence-corrected chi connectivity index (χ0v) is 13.3. The molecule has 0 bridgehead atoms. The molecule has 0 atom stereocenters. The second kappa shape index (κ2) is 5.96. The van der Waals surface area contributed by atoms with Crippen LogP contribution in [0.25, 0.3) is 5.69 Å². The molecule has 1 aromatic carbocycles. The van der Waals surface area contributed by atoms with Crippen LogP contribution in [0, 0.1) is 5.41 Å². The van der Waals surface area contributed by atoms with Crippen LogP contribution in [0.5, 0.6) is 0 Å². The molecule has 0 radical (unpaired) electrons. The van der Waals surface area contributed by atoms with Gasteiger partial charge in [0.25, 0.3) is 5.91 Å². The highest BCUT2D eigenvalue weighted by atomic mass is 16.1. The number of hydrogen-bond donors (Lipinski definition) is 1. The fraction of sp³-hybridized carbons (Fsp3) is 0.278. The van der Waals surface area contributed by atoms with E-state index in [1.807, 2.05) is 53.5 Å². The van der Waals surface area contributed by atoms with Crippen LogP contribution >= 0.6 is 0 Å². The summed E-state index contributed by atoms with van der Waals surface area (Å²) in [5, 5.41) is 11.5. The lowest BCUT2D eigenvalue weighted by Crippen LogP contribution is -2.32. The van der Waals surface area contributed by atoms with Crippen molar-refractivity contribution in [2.45, 2.75) is 19.4 Å². The molecule has 6 heteroatoms. The Labute approximate surface area is 140 Å². The number of benzene rings is 1. The molecule has 1 amide bonds. The summed E-state index contributed by atoms with van der Waals surface area (Å²) in [4.78, 5) is 12.5. The van der Waals surface area contributed by atoms with Crippen molar-refractivity contribution in [3.05, 3.63) is 66.7 Å². The number of carbonyl (C=O) groups is 1. The molecule has 1 aliphatic rings. The molecule has 0 saturated heterocycles. The summed E-state index contributed by atoms with van der Waals surface area (Å²) in [5.74, 6) is -0.0456.